The van der Waals surface area contributed by atoms with Crippen LogP contribution in [0.1, 0.15) is 75.9 Å². The molecule has 1 unspecified atom stereocenters. The first-order chi connectivity index (χ1) is 16.3. The van der Waals surface area contributed by atoms with Crippen molar-refractivity contribution in [1.82, 2.24) is 10.6 Å². The molecule has 0 saturated carbocycles. The van der Waals surface area contributed by atoms with E-state index in [4.69, 9.17) is 9.15 Å². The Morgan fingerprint density at radius 1 is 0.971 bits per heavy atom. The number of rotatable bonds is 14. The molecule has 1 aromatic heterocycles. The highest BCUT2D eigenvalue weighted by Crippen LogP contribution is 2.26. The Bertz CT molecular complexity index is 893. The van der Waals surface area contributed by atoms with Gasteiger partial charge >= 0.3 is 5.97 Å². The highest BCUT2D eigenvalue weighted by molar-refractivity contribution is 5.93. The lowest BCUT2D eigenvalue weighted by molar-refractivity contribution is -0.148. The molecule has 1 heterocycles. The van der Waals surface area contributed by atoms with Crippen LogP contribution in [0.15, 0.2) is 53.1 Å². The molecule has 7 nitrogen and oxygen atoms in total. The molecule has 0 fully saturated rings. The van der Waals surface area contributed by atoms with Crippen molar-refractivity contribution in [2.75, 3.05) is 6.61 Å². The van der Waals surface area contributed by atoms with Crippen LogP contribution in [0.2, 0.25) is 0 Å². The molecule has 0 saturated heterocycles. The van der Waals surface area contributed by atoms with E-state index in [2.05, 4.69) is 17.6 Å². The van der Waals surface area contributed by atoms with Crippen LogP contribution in [0.3, 0.4) is 0 Å². The third kappa shape index (κ3) is 8.04. The van der Waals surface area contributed by atoms with Crippen molar-refractivity contribution in [3.63, 3.8) is 0 Å². The van der Waals surface area contributed by atoms with E-state index in [1.54, 1.807) is 32.9 Å². The molecule has 2 aromatic rings. The molecule has 0 aliphatic carbocycles. The van der Waals surface area contributed by atoms with Crippen molar-refractivity contribution < 1.29 is 23.5 Å². The molecule has 0 bridgehead atoms. The van der Waals surface area contributed by atoms with Gasteiger partial charge in [-0.25, -0.2) is 4.79 Å². The van der Waals surface area contributed by atoms with Crippen LogP contribution in [0.5, 0.6) is 0 Å². The highest BCUT2D eigenvalue weighted by Gasteiger charge is 2.39. The van der Waals surface area contributed by atoms with E-state index in [0.29, 0.717) is 12.8 Å². The van der Waals surface area contributed by atoms with Crippen LogP contribution in [-0.4, -0.2) is 36.5 Å². The second-order valence-electron chi connectivity index (χ2n) is 9.04. The lowest BCUT2D eigenvalue weighted by Crippen LogP contribution is -2.56. The summed E-state index contributed by atoms with van der Waals surface area (Å²) in [4.78, 5) is 38.8. The first-order valence-corrected chi connectivity index (χ1v) is 12.1. The molecule has 7 heteroatoms. The zero-order valence-corrected chi connectivity index (χ0v) is 20.8. The molecule has 2 rings (SSSR count). The van der Waals surface area contributed by atoms with Crippen LogP contribution in [0.4, 0.5) is 0 Å². The summed E-state index contributed by atoms with van der Waals surface area (Å²) in [6.07, 6.45) is 6.47. The van der Waals surface area contributed by atoms with Gasteiger partial charge in [0.05, 0.1) is 18.3 Å². The number of amides is 2. The number of carbonyl (C=O) groups excluding carboxylic acids is 3. The fraction of sp³-hybridized carbons (Fsp3) is 0.519. The Kier molecular flexibility index (Phi) is 10.8. The molecule has 34 heavy (non-hydrogen) atoms. The fourth-order valence-electron chi connectivity index (χ4n) is 3.81. The average molecular weight is 471 g/mol. The van der Waals surface area contributed by atoms with Gasteiger partial charge in [-0.05, 0) is 44.9 Å². The summed E-state index contributed by atoms with van der Waals surface area (Å²) in [5.74, 6) is -0.961. The lowest BCUT2D eigenvalue weighted by Gasteiger charge is -2.35. The largest absolute Gasteiger partial charge is 0.464 e. The molecular weight excluding hydrogens is 432 g/mol. The number of benzene rings is 1. The van der Waals surface area contributed by atoms with Crippen LogP contribution >= 0.6 is 0 Å². The summed E-state index contributed by atoms with van der Waals surface area (Å²) >= 11 is 0. The maximum absolute atomic E-state index is 13.5. The summed E-state index contributed by atoms with van der Waals surface area (Å²) in [6, 6.07) is 11.5. The highest BCUT2D eigenvalue weighted by atomic mass is 16.5. The van der Waals surface area contributed by atoms with Gasteiger partial charge in [0.15, 0.2) is 5.76 Å². The minimum atomic E-state index is -0.976. The number of esters is 1. The van der Waals surface area contributed by atoms with Crippen molar-refractivity contribution in [3.8, 4) is 0 Å². The van der Waals surface area contributed by atoms with Gasteiger partial charge in [0.1, 0.15) is 6.04 Å². The van der Waals surface area contributed by atoms with E-state index in [1.165, 1.54) is 6.26 Å². The van der Waals surface area contributed by atoms with Crippen LogP contribution in [-0.2, 0) is 20.7 Å². The lowest BCUT2D eigenvalue weighted by atomic mass is 9.80. The molecule has 2 N–H and O–H groups in total. The monoisotopic (exact) mass is 470 g/mol. The third-order valence-corrected chi connectivity index (χ3v) is 6.01. The van der Waals surface area contributed by atoms with Crippen molar-refractivity contribution >= 4 is 17.8 Å². The van der Waals surface area contributed by atoms with Gasteiger partial charge in [0.25, 0.3) is 5.91 Å². The fourth-order valence-corrected chi connectivity index (χ4v) is 3.81. The van der Waals surface area contributed by atoms with Gasteiger partial charge < -0.3 is 19.8 Å². The summed E-state index contributed by atoms with van der Waals surface area (Å²) in [6.45, 7) is 7.68. The third-order valence-electron chi connectivity index (χ3n) is 6.01. The van der Waals surface area contributed by atoms with E-state index < -0.39 is 23.5 Å². The number of hydrogen-bond acceptors (Lipinski definition) is 5. The molecule has 2 amide bonds. The zero-order chi connectivity index (χ0) is 25.0. The minimum Gasteiger partial charge on any atom is -0.464 e. The molecular formula is C27H38N2O5. The maximum atomic E-state index is 13.5. The second kappa shape index (κ2) is 13.6. The maximum Gasteiger partial charge on any atom is 0.328 e. The number of ether oxygens (including phenoxy) is 1. The predicted octanol–water partition coefficient (Wildman–Crippen LogP) is 4.67. The molecule has 0 aliphatic heterocycles. The molecule has 0 aliphatic rings. The van der Waals surface area contributed by atoms with Crippen LogP contribution in [0, 0.1) is 5.41 Å². The number of hydrogen-bond donors (Lipinski definition) is 2. The van der Waals surface area contributed by atoms with Crippen molar-refractivity contribution in [1.29, 1.82) is 0 Å². The number of nitrogens with one attached hydrogen (secondary N) is 2. The number of carbonyl (C=O) groups is 3. The summed E-state index contributed by atoms with van der Waals surface area (Å²) in [7, 11) is 0. The summed E-state index contributed by atoms with van der Waals surface area (Å²) in [5, 5.41) is 5.88. The molecule has 186 valence electrons. The van der Waals surface area contributed by atoms with E-state index in [-0.39, 0.29) is 24.2 Å². The number of unbranched alkanes of at least 4 members (excludes halogenated alkanes) is 3. The smallest absolute Gasteiger partial charge is 0.328 e. The van der Waals surface area contributed by atoms with Gasteiger partial charge in [-0.3, -0.25) is 9.59 Å². The van der Waals surface area contributed by atoms with E-state index in [0.717, 1.165) is 31.2 Å². The first-order valence-electron chi connectivity index (χ1n) is 12.1. The van der Waals surface area contributed by atoms with Gasteiger partial charge in [0.2, 0.25) is 5.91 Å². The summed E-state index contributed by atoms with van der Waals surface area (Å²) < 4.78 is 10.4. The zero-order valence-electron chi connectivity index (χ0n) is 20.8. The Hall–Kier alpha value is -3.09. The molecule has 1 aromatic carbocycles. The van der Waals surface area contributed by atoms with Gasteiger partial charge in [-0.15, -0.1) is 0 Å². The Morgan fingerprint density at radius 2 is 1.71 bits per heavy atom. The van der Waals surface area contributed by atoms with Crippen molar-refractivity contribution in [2.45, 2.75) is 78.3 Å². The Balaban J connectivity index is 2.18. The Labute approximate surface area is 202 Å². The summed E-state index contributed by atoms with van der Waals surface area (Å²) in [5.41, 5.74) is -0.0588. The minimum absolute atomic E-state index is 0.197. The van der Waals surface area contributed by atoms with Crippen LogP contribution < -0.4 is 10.6 Å². The Morgan fingerprint density at radius 3 is 2.32 bits per heavy atom. The van der Waals surface area contributed by atoms with E-state index in [1.807, 2.05) is 30.3 Å². The molecule has 2 atom stereocenters. The number of furan rings is 1. The van der Waals surface area contributed by atoms with Crippen molar-refractivity contribution in [3.05, 3.63) is 60.1 Å². The van der Waals surface area contributed by atoms with Crippen molar-refractivity contribution in [2.24, 2.45) is 5.41 Å². The quantitative estimate of drug-likeness (QED) is 0.309. The average Bonchev–Trinajstić information content (AvgIpc) is 3.36. The molecule has 0 radical (unpaired) electrons. The van der Waals surface area contributed by atoms with Gasteiger partial charge in [-0.2, -0.15) is 0 Å². The first kappa shape index (κ1) is 27.2. The van der Waals surface area contributed by atoms with Gasteiger partial charge in [-0.1, -0.05) is 62.9 Å². The normalized spacial score (nSPS) is 13.1. The van der Waals surface area contributed by atoms with Gasteiger partial charge in [0, 0.05) is 12.5 Å². The van der Waals surface area contributed by atoms with E-state index >= 15 is 0 Å². The predicted molar refractivity (Wildman–Crippen MR) is 131 cm³/mol. The standard InChI is InChI=1S/C27H38N2O5/c1-5-7-8-12-17-23(29-24(30)22-16-13-18-34-22)27(3,4)26(32)28-21(25(31)33-6-2)19-20-14-10-9-11-15-20/h9-11,13-16,18,21,23H,5-8,12,17,19H2,1-4H3,(H,28,32)(H,29,30)/t21-,23?/m0/s1. The van der Waals surface area contributed by atoms with E-state index in [9.17, 15) is 14.4 Å². The molecule has 0 spiro atoms. The second-order valence-corrected chi connectivity index (χ2v) is 9.04. The topological polar surface area (TPSA) is 97.6 Å². The SMILES string of the molecule is CCCCCCC(NC(=O)c1ccco1)C(C)(C)C(=O)N[C@@H](Cc1ccccc1)C(=O)OCC. The van der Waals surface area contributed by atoms with Crippen LogP contribution in [0.25, 0.3) is 0 Å².